The zero-order valence-electron chi connectivity index (χ0n) is 33.7. The Morgan fingerprint density at radius 1 is 0.508 bits per heavy atom. The molecule has 8 rings (SSSR count). The molecule has 3 aliphatic carbocycles. The van der Waals surface area contributed by atoms with Gasteiger partial charge in [-0.2, -0.15) is 0 Å². The highest BCUT2D eigenvalue weighted by Gasteiger charge is 2.37. The predicted molar refractivity (Wildman–Crippen MR) is 222 cm³/mol. The lowest BCUT2D eigenvalue weighted by molar-refractivity contribution is -0.132. The molecule has 0 heterocycles. The number of aliphatic hydroxyl groups is 1. The summed E-state index contributed by atoms with van der Waals surface area (Å²) >= 11 is 0. The van der Waals surface area contributed by atoms with Crippen molar-refractivity contribution in [2.75, 3.05) is 0 Å². The van der Waals surface area contributed by atoms with Gasteiger partial charge in [-0.3, -0.25) is 38.4 Å². The van der Waals surface area contributed by atoms with E-state index < -0.39 is 58.3 Å². The minimum absolute atomic E-state index is 0.0393. The Hall–Kier alpha value is -8.59. The van der Waals surface area contributed by atoms with Crippen LogP contribution in [0, 0.1) is 0 Å². The van der Waals surface area contributed by atoms with Crippen molar-refractivity contribution >= 4 is 58.4 Å². The van der Waals surface area contributed by atoms with Crippen LogP contribution in [-0.2, 0) is 14.4 Å². The number of phenols is 2. The molecule has 0 radical (unpaired) electrons. The fourth-order valence-corrected chi connectivity index (χ4v) is 6.92. The number of ether oxygens (including phenoxy) is 2. The van der Waals surface area contributed by atoms with Gasteiger partial charge in [-0.1, -0.05) is 72.3 Å². The molecular formula is C48H34O15. The van der Waals surface area contributed by atoms with E-state index in [0.29, 0.717) is 11.1 Å². The molecule has 5 aromatic carbocycles. The van der Waals surface area contributed by atoms with Crippen molar-refractivity contribution < 1.29 is 73.1 Å². The summed E-state index contributed by atoms with van der Waals surface area (Å²) in [5.41, 5.74) is 1.53. The summed E-state index contributed by atoms with van der Waals surface area (Å²) in [6.07, 6.45) is 2.11. The van der Waals surface area contributed by atoms with E-state index in [2.05, 4.69) is 0 Å². The second kappa shape index (κ2) is 17.6. The van der Waals surface area contributed by atoms with Gasteiger partial charge in [0, 0.05) is 58.4 Å². The maximum atomic E-state index is 13.1. The zero-order chi connectivity index (χ0) is 46.0. The Bertz CT molecular complexity index is 2960. The molecule has 0 aromatic heterocycles. The number of ketones is 6. The molecule has 3 aliphatic rings. The van der Waals surface area contributed by atoms with Crippen LogP contribution in [0.25, 0.3) is 5.76 Å². The van der Waals surface area contributed by atoms with E-state index in [0.717, 1.165) is 31.6 Å². The molecule has 0 fully saturated rings. The van der Waals surface area contributed by atoms with Gasteiger partial charge in [0.1, 0.15) is 17.3 Å². The molecule has 0 saturated heterocycles. The summed E-state index contributed by atoms with van der Waals surface area (Å²) in [6, 6.07) is 21.8. The van der Waals surface area contributed by atoms with Gasteiger partial charge in [-0.05, 0) is 50.6 Å². The summed E-state index contributed by atoms with van der Waals surface area (Å²) in [7, 11) is 0. The third kappa shape index (κ3) is 8.43. The fourth-order valence-electron chi connectivity index (χ4n) is 6.92. The maximum Gasteiger partial charge on any atom is 0.335 e. The average Bonchev–Trinajstić information content (AvgIpc) is 3.24. The quantitative estimate of drug-likeness (QED) is 0.0449. The van der Waals surface area contributed by atoms with Crippen LogP contribution in [0.15, 0.2) is 108 Å². The van der Waals surface area contributed by atoms with Crippen molar-refractivity contribution in [1.82, 2.24) is 0 Å². The van der Waals surface area contributed by atoms with Crippen LogP contribution in [-0.4, -0.2) is 73.0 Å². The van der Waals surface area contributed by atoms with E-state index in [1.807, 2.05) is 19.9 Å². The second-order valence-corrected chi connectivity index (χ2v) is 14.3. The molecule has 4 N–H and O–H groups in total. The number of allylic oxidation sites excluding steroid dienone is 3. The highest BCUT2D eigenvalue weighted by Crippen LogP contribution is 2.40. The minimum Gasteiger partial charge on any atom is -0.507 e. The molecule has 15 nitrogen and oxygen atoms in total. The van der Waals surface area contributed by atoms with Gasteiger partial charge in [0.05, 0.1) is 22.3 Å². The van der Waals surface area contributed by atoms with Crippen molar-refractivity contribution in [3.05, 3.63) is 169 Å². The molecular weight excluding hydrogens is 817 g/mol. The number of phenolic OH excluding ortho intramolecular Hbond substituents is 2. The second-order valence-electron chi connectivity index (χ2n) is 14.3. The SMILES string of the molecule is CC(=O)Oc1cccc2c1C(=O)c1c(OC(C)=O)cc(C(=O)O)cc1C2=O.CC(C)=CCC1=C(O)c2ccccc2C(=O)C1=O.O=C1c2ccccc2C(=O)c2c1ccc(O)c2O. The number of Topliss-reactive ketones (excluding diaryl/α,β-unsaturated/α-hetero) is 2. The smallest absolute Gasteiger partial charge is 0.335 e. The number of carbonyl (C=O) groups is 9. The first-order valence-electron chi connectivity index (χ1n) is 18.8. The molecule has 0 amide bonds. The Morgan fingerprint density at radius 3 is 1.60 bits per heavy atom. The number of carbonyl (C=O) groups excluding carboxylic acids is 8. The number of aromatic hydroxyl groups is 2. The summed E-state index contributed by atoms with van der Waals surface area (Å²) < 4.78 is 9.99. The maximum absolute atomic E-state index is 13.1. The van der Waals surface area contributed by atoms with Crippen LogP contribution in [0.2, 0.25) is 0 Å². The van der Waals surface area contributed by atoms with Gasteiger partial charge in [-0.25, -0.2) is 4.79 Å². The largest absolute Gasteiger partial charge is 0.507 e. The molecule has 0 aliphatic heterocycles. The van der Waals surface area contributed by atoms with Crippen molar-refractivity contribution in [2.45, 2.75) is 34.1 Å². The first-order valence-corrected chi connectivity index (χ1v) is 18.8. The van der Waals surface area contributed by atoms with Gasteiger partial charge in [0.25, 0.3) is 0 Å². The molecule has 15 heteroatoms. The van der Waals surface area contributed by atoms with E-state index in [9.17, 15) is 63.6 Å². The molecule has 5 aromatic rings. The van der Waals surface area contributed by atoms with E-state index in [-0.39, 0.29) is 85.1 Å². The number of esters is 2. The average molecular weight is 851 g/mol. The highest BCUT2D eigenvalue weighted by molar-refractivity contribution is 6.52. The van der Waals surface area contributed by atoms with Gasteiger partial charge in [0.2, 0.25) is 17.3 Å². The summed E-state index contributed by atoms with van der Waals surface area (Å²) in [5, 5.41) is 38.5. The number of hydrogen-bond acceptors (Lipinski definition) is 14. The van der Waals surface area contributed by atoms with Gasteiger partial charge < -0.3 is 29.9 Å². The highest BCUT2D eigenvalue weighted by atomic mass is 16.5. The lowest BCUT2D eigenvalue weighted by Gasteiger charge is -2.21. The Morgan fingerprint density at radius 2 is 1.02 bits per heavy atom. The third-order valence-electron chi connectivity index (χ3n) is 9.78. The number of rotatable bonds is 5. The Kier molecular flexibility index (Phi) is 12.3. The third-order valence-corrected chi connectivity index (χ3v) is 9.78. The van der Waals surface area contributed by atoms with Crippen LogP contribution in [0.1, 0.15) is 124 Å². The molecule has 63 heavy (non-hydrogen) atoms. The fraction of sp³-hybridized carbons (Fsp3) is 0.104. The number of aromatic carboxylic acids is 1. The van der Waals surface area contributed by atoms with Gasteiger partial charge in [-0.15, -0.1) is 0 Å². The molecule has 0 bridgehead atoms. The van der Waals surface area contributed by atoms with E-state index >= 15 is 0 Å². The standard InChI is InChI=1S/C19H12O8.C15H14O3.C14H8O4/c1-8(20)26-13-5-3-4-11-15(13)18(23)16-12(17(11)22)6-10(19(24)25)7-14(16)27-9(2)21;1-9(2)7-8-12-13(16)10-5-3-4-6-11(10)14(17)15(12)18;15-10-6-5-9-11(14(10)18)13(17)8-4-2-1-3-7(8)12(9)16/h3-7H,1-2H3,(H,24,25);3-7,16H,8H2,1-2H3;1-6,15,18H. The predicted octanol–water partition coefficient (Wildman–Crippen LogP) is 6.96. The van der Waals surface area contributed by atoms with Crippen molar-refractivity contribution in [1.29, 1.82) is 0 Å². The van der Waals surface area contributed by atoms with Gasteiger partial charge >= 0.3 is 17.9 Å². The molecule has 0 spiro atoms. The van der Waals surface area contributed by atoms with Crippen LogP contribution < -0.4 is 9.47 Å². The molecule has 316 valence electrons. The van der Waals surface area contributed by atoms with Crippen molar-refractivity contribution in [2.24, 2.45) is 0 Å². The topological polar surface area (TPSA) is 253 Å². The Balaban J connectivity index is 0.000000162. The number of fused-ring (bicyclic) bond motifs is 5. The van der Waals surface area contributed by atoms with E-state index in [1.54, 1.807) is 42.5 Å². The lowest BCUT2D eigenvalue weighted by Crippen LogP contribution is -2.24. The summed E-state index contributed by atoms with van der Waals surface area (Å²) in [5.74, 6) is -7.61. The first-order chi connectivity index (χ1) is 29.8. The minimum atomic E-state index is -1.36. The summed E-state index contributed by atoms with van der Waals surface area (Å²) in [6.45, 7) is 6.03. The van der Waals surface area contributed by atoms with Crippen LogP contribution in [0.3, 0.4) is 0 Å². The number of carboxylic acids is 1. The van der Waals surface area contributed by atoms with Crippen LogP contribution >= 0.6 is 0 Å². The number of hydrogen-bond donors (Lipinski definition) is 4. The van der Waals surface area contributed by atoms with Crippen LogP contribution in [0.5, 0.6) is 23.0 Å². The number of aliphatic hydroxyl groups excluding tert-OH is 1. The molecule has 0 saturated carbocycles. The lowest BCUT2D eigenvalue weighted by atomic mass is 9.82. The van der Waals surface area contributed by atoms with E-state index in [1.165, 1.54) is 36.4 Å². The number of benzene rings is 5. The molecule has 0 unspecified atom stereocenters. The van der Waals surface area contributed by atoms with Gasteiger partial charge in [0.15, 0.2) is 28.8 Å². The zero-order valence-corrected chi connectivity index (χ0v) is 33.7. The monoisotopic (exact) mass is 850 g/mol. The Labute approximate surface area is 357 Å². The van der Waals surface area contributed by atoms with Crippen LogP contribution in [0.4, 0.5) is 0 Å². The first kappa shape index (κ1) is 44.0. The molecule has 0 atom stereocenters. The van der Waals surface area contributed by atoms with Crippen molar-refractivity contribution in [3.63, 3.8) is 0 Å². The van der Waals surface area contributed by atoms with Crippen molar-refractivity contribution in [3.8, 4) is 23.0 Å². The van der Waals surface area contributed by atoms with E-state index in [4.69, 9.17) is 9.47 Å². The summed E-state index contributed by atoms with van der Waals surface area (Å²) in [4.78, 5) is 108. The number of carboxylic acid groups (broad SMARTS) is 1. The normalized spacial score (nSPS) is 13.1.